The zero-order chi connectivity index (χ0) is 22.9. The van der Waals surface area contributed by atoms with Gasteiger partial charge in [-0.1, -0.05) is 61.5 Å². The number of hydrogen-bond donors (Lipinski definition) is 1. The number of carbonyl (C=O) groups is 1. The van der Waals surface area contributed by atoms with Gasteiger partial charge < -0.3 is 14.3 Å². The van der Waals surface area contributed by atoms with Gasteiger partial charge in [-0.3, -0.25) is 0 Å². The molecule has 0 saturated carbocycles. The Morgan fingerprint density at radius 2 is 1.82 bits per heavy atom. The van der Waals surface area contributed by atoms with Crippen LogP contribution in [0.5, 0.6) is 5.75 Å². The number of benzene rings is 3. The number of aromatic nitrogens is 1. The number of para-hydroxylation sites is 1. The molecular weight excluding hydrogens is 414 g/mol. The molecule has 5 heteroatoms. The van der Waals surface area contributed by atoms with Crippen LogP contribution in [0, 0.1) is 0 Å². The maximum atomic E-state index is 12.4. The van der Waals surface area contributed by atoms with Crippen molar-refractivity contribution in [3.05, 3.63) is 95.7 Å². The van der Waals surface area contributed by atoms with Crippen LogP contribution in [0.15, 0.2) is 83.5 Å². The van der Waals surface area contributed by atoms with E-state index < -0.39 is 5.97 Å². The van der Waals surface area contributed by atoms with Crippen molar-refractivity contribution < 1.29 is 19.1 Å². The minimum absolute atomic E-state index is 0.158. The first-order valence-electron chi connectivity index (χ1n) is 10.9. The lowest BCUT2D eigenvalue weighted by molar-refractivity contribution is 0.0698. The summed E-state index contributed by atoms with van der Waals surface area (Å²) in [6, 6.07) is 22.9. The van der Waals surface area contributed by atoms with Crippen molar-refractivity contribution in [3.8, 4) is 17.0 Å². The standard InChI is InChI=1S/C28H23NO4/c1-3-18-13-14-25(33-17(2)19-9-5-4-6-10-19)26-21(28(30)31)15-23(29-27(18)26)22-16-32-24-12-8-7-11-20(22)24/h4-17H,3H2,1-2H3,(H,30,31)/t17-/m1/s1. The molecule has 5 nitrogen and oxygen atoms in total. The van der Waals surface area contributed by atoms with Gasteiger partial charge in [0.15, 0.2) is 0 Å². The van der Waals surface area contributed by atoms with Crippen LogP contribution < -0.4 is 4.74 Å². The van der Waals surface area contributed by atoms with Crippen LogP contribution in [0.1, 0.15) is 41.4 Å². The van der Waals surface area contributed by atoms with E-state index in [9.17, 15) is 9.90 Å². The number of carboxylic acids is 1. The maximum Gasteiger partial charge on any atom is 0.336 e. The molecule has 0 aliphatic heterocycles. The molecule has 5 aromatic rings. The SMILES string of the molecule is CCc1ccc(O[C@H](C)c2ccccc2)c2c(C(=O)O)cc(-c3coc4ccccc34)nc12. The van der Waals surface area contributed by atoms with Crippen LogP contribution in [-0.2, 0) is 6.42 Å². The third-order valence-corrected chi connectivity index (χ3v) is 5.95. The minimum Gasteiger partial charge on any atom is -0.485 e. The Bertz CT molecular complexity index is 1470. The Kier molecular flexibility index (Phi) is 5.31. The molecule has 0 aliphatic carbocycles. The van der Waals surface area contributed by atoms with Gasteiger partial charge in [-0.2, -0.15) is 0 Å². The third kappa shape index (κ3) is 3.72. The third-order valence-electron chi connectivity index (χ3n) is 5.95. The van der Waals surface area contributed by atoms with Crippen LogP contribution >= 0.6 is 0 Å². The topological polar surface area (TPSA) is 72.6 Å². The van der Waals surface area contributed by atoms with Gasteiger partial charge in [0.1, 0.15) is 23.7 Å². The van der Waals surface area contributed by atoms with Crippen LogP contribution in [0.25, 0.3) is 33.1 Å². The summed E-state index contributed by atoms with van der Waals surface area (Å²) in [5.74, 6) is -0.519. The summed E-state index contributed by atoms with van der Waals surface area (Å²) in [6.45, 7) is 3.98. The largest absolute Gasteiger partial charge is 0.485 e. The molecule has 164 valence electrons. The first-order valence-corrected chi connectivity index (χ1v) is 10.9. The van der Waals surface area contributed by atoms with E-state index >= 15 is 0 Å². The van der Waals surface area contributed by atoms with E-state index in [0.717, 1.165) is 27.7 Å². The maximum absolute atomic E-state index is 12.4. The normalized spacial score (nSPS) is 12.2. The smallest absolute Gasteiger partial charge is 0.336 e. The van der Waals surface area contributed by atoms with Gasteiger partial charge in [-0.25, -0.2) is 9.78 Å². The second kappa shape index (κ2) is 8.43. The Hall–Kier alpha value is -4.12. The number of pyridine rings is 1. The van der Waals surface area contributed by atoms with E-state index in [-0.39, 0.29) is 11.7 Å². The summed E-state index contributed by atoms with van der Waals surface area (Å²) in [5, 5.41) is 11.6. The molecule has 1 N–H and O–H groups in total. The number of furan rings is 1. The zero-order valence-corrected chi connectivity index (χ0v) is 18.4. The van der Waals surface area contributed by atoms with E-state index in [0.29, 0.717) is 28.8 Å². The van der Waals surface area contributed by atoms with E-state index in [2.05, 4.69) is 0 Å². The lowest BCUT2D eigenvalue weighted by Crippen LogP contribution is -2.07. The Morgan fingerprint density at radius 3 is 2.58 bits per heavy atom. The number of aromatic carboxylic acids is 1. The van der Waals surface area contributed by atoms with Crippen molar-refractivity contribution in [2.24, 2.45) is 0 Å². The molecular formula is C28H23NO4. The second-order valence-corrected chi connectivity index (χ2v) is 7.98. The van der Waals surface area contributed by atoms with E-state index in [1.165, 1.54) is 0 Å². The van der Waals surface area contributed by atoms with Crippen LogP contribution in [0.2, 0.25) is 0 Å². The summed E-state index contributed by atoms with van der Waals surface area (Å²) in [7, 11) is 0. The van der Waals surface area contributed by atoms with E-state index in [1.807, 2.05) is 80.6 Å². The highest BCUT2D eigenvalue weighted by atomic mass is 16.5. The molecule has 5 rings (SSSR count). The predicted molar refractivity (Wildman–Crippen MR) is 129 cm³/mol. The highest BCUT2D eigenvalue weighted by molar-refractivity contribution is 6.08. The molecule has 0 unspecified atom stereocenters. The summed E-state index contributed by atoms with van der Waals surface area (Å²) in [5.41, 5.74) is 4.82. The number of hydrogen-bond acceptors (Lipinski definition) is 4. The molecule has 0 bridgehead atoms. The first kappa shape index (κ1) is 20.8. The Balaban J connectivity index is 1.72. The number of fused-ring (bicyclic) bond motifs is 2. The van der Waals surface area contributed by atoms with Crippen molar-refractivity contribution >= 4 is 27.8 Å². The van der Waals surface area contributed by atoms with Gasteiger partial charge >= 0.3 is 5.97 Å². The zero-order valence-electron chi connectivity index (χ0n) is 18.4. The van der Waals surface area contributed by atoms with Crippen LogP contribution in [0.3, 0.4) is 0 Å². The molecule has 0 spiro atoms. The summed E-state index contributed by atoms with van der Waals surface area (Å²) >= 11 is 0. The van der Waals surface area contributed by atoms with Crippen molar-refractivity contribution in [3.63, 3.8) is 0 Å². The quantitative estimate of drug-likeness (QED) is 0.308. The average molecular weight is 437 g/mol. The number of nitrogens with zero attached hydrogens (tertiary/aromatic N) is 1. The number of rotatable bonds is 6. The highest BCUT2D eigenvalue weighted by Crippen LogP contribution is 2.38. The fourth-order valence-corrected chi connectivity index (χ4v) is 4.21. The van der Waals surface area contributed by atoms with E-state index in [4.69, 9.17) is 14.1 Å². The van der Waals surface area contributed by atoms with Gasteiger partial charge in [-0.05, 0) is 42.7 Å². The molecule has 2 aromatic heterocycles. The minimum atomic E-state index is -1.03. The number of aryl methyl sites for hydroxylation is 1. The van der Waals surface area contributed by atoms with Gasteiger partial charge in [-0.15, -0.1) is 0 Å². The number of carboxylic acid groups (broad SMARTS) is 1. The fraction of sp³-hybridized carbons (Fsp3) is 0.143. The van der Waals surface area contributed by atoms with Gasteiger partial charge in [0, 0.05) is 10.9 Å². The van der Waals surface area contributed by atoms with Gasteiger partial charge in [0.05, 0.1) is 22.2 Å². The lowest BCUT2D eigenvalue weighted by atomic mass is 9.99. The summed E-state index contributed by atoms with van der Waals surface area (Å²) < 4.78 is 12.0. The molecule has 0 aliphatic rings. The van der Waals surface area contributed by atoms with Crippen molar-refractivity contribution in [2.75, 3.05) is 0 Å². The fourth-order valence-electron chi connectivity index (χ4n) is 4.21. The van der Waals surface area contributed by atoms with Crippen LogP contribution in [-0.4, -0.2) is 16.1 Å². The molecule has 0 radical (unpaired) electrons. The molecule has 2 heterocycles. The molecule has 1 atom stereocenters. The molecule has 0 fully saturated rings. The van der Waals surface area contributed by atoms with Crippen molar-refractivity contribution in [1.29, 1.82) is 0 Å². The Morgan fingerprint density at radius 1 is 1.06 bits per heavy atom. The molecule has 33 heavy (non-hydrogen) atoms. The van der Waals surface area contributed by atoms with Crippen molar-refractivity contribution in [2.45, 2.75) is 26.4 Å². The first-order chi connectivity index (χ1) is 16.1. The monoisotopic (exact) mass is 437 g/mol. The summed E-state index contributed by atoms with van der Waals surface area (Å²) in [4.78, 5) is 17.3. The summed E-state index contributed by atoms with van der Waals surface area (Å²) in [6.07, 6.45) is 2.10. The second-order valence-electron chi connectivity index (χ2n) is 7.98. The van der Waals surface area contributed by atoms with Crippen molar-refractivity contribution in [1.82, 2.24) is 4.98 Å². The number of ether oxygens (including phenoxy) is 1. The predicted octanol–water partition coefficient (Wildman–Crippen LogP) is 7.05. The lowest BCUT2D eigenvalue weighted by Gasteiger charge is -2.19. The molecule has 0 amide bonds. The highest BCUT2D eigenvalue weighted by Gasteiger charge is 2.21. The van der Waals surface area contributed by atoms with Crippen LogP contribution in [0.4, 0.5) is 0 Å². The molecule has 3 aromatic carbocycles. The van der Waals surface area contributed by atoms with Gasteiger partial charge in [0.2, 0.25) is 0 Å². The average Bonchev–Trinajstić information content (AvgIpc) is 3.28. The molecule has 0 saturated heterocycles. The van der Waals surface area contributed by atoms with E-state index in [1.54, 1.807) is 12.3 Å². The van der Waals surface area contributed by atoms with Gasteiger partial charge in [0.25, 0.3) is 0 Å². The Labute approximate surface area is 191 Å².